The Morgan fingerprint density at radius 2 is 1.93 bits per heavy atom. The fourth-order valence-corrected chi connectivity index (χ4v) is 1.84. The van der Waals surface area contributed by atoms with Gasteiger partial charge in [-0.3, -0.25) is 4.55 Å². The summed E-state index contributed by atoms with van der Waals surface area (Å²) >= 11 is 0. The standard InChI is InChI=1S/C10H7O4S/c11-10-3-1-2-7-4-5-8(6-9(7)10)15(12,13)14/h1-2,4-6,11H,(H,12,13,14). The van der Waals surface area contributed by atoms with E-state index in [-0.39, 0.29) is 10.6 Å². The Morgan fingerprint density at radius 3 is 2.60 bits per heavy atom. The Hall–Kier alpha value is -1.59. The van der Waals surface area contributed by atoms with E-state index in [1.54, 1.807) is 6.07 Å². The fraction of sp³-hybridized carbons (Fsp3) is 0. The summed E-state index contributed by atoms with van der Waals surface area (Å²) in [4.78, 5) is -0.245. The molecule has 5 heteroatoms. The molecule has 0 aromatic heterocycles. The van der Waals surface area contributed by atoms with E-state index >= 15 is 0 Å². The van der Waals surface area contributed by atoms with Crippen molar-refractivity contribution >= 4 is 20.9 Å². The highest BCUT2D eigenvalue weighted by molar-refractivity contribution is 7.85. The van der Waals surface area contributed by atoms with Crippen LogP contribution in [0, 0.1) is 6.07 Å². The van der Waals surface area contributed by atoms with E-state index in [0.717, 1.165) is 0 Å². The lowest BCUT2D eigenvalue weighted by Crippen LogP contribution is -1.97. The second kappa shape index (κ2) is 3.22. The molecule has 0 atom stereocenters. The van der Waals surface area contributed by atoms with E-state index in [1.165, 1.54) is 24.3 Å². The molecule has 0 aliphatic carbocycles. The zero-order chi connectivity index (χ0) is 11.1. The minimum atomic E-state index is -4.24. The molecular formula is C10H7O4S. The van der Waals surface area contributed by atoms with Crippen molar-refractivity contribution in [1.29, 1.82) is 0 Å². The molecule has 2 rings (SSSR count). The van der Waals surface area contributed by atoms with Gasteiger partial charge in [-0.2, -0.15) is 8.42 Å². The molecule has 77 valence electrons. The van der Waals surface area contributed by atoms with Crippen molar-refractivity contribution in [2.75, 3.05) is 0 Å². The molecule has 0 aliphatic heterocycles. The number of aromatic hydroxyl groups is 1. The Balaban J connectivity index is 2.81. The summed E-state index contributed by atoms with van der Waals surface area (Å²) in [7, 11) is -4.24. The second-order valence-corrected chi connectivity index (χ2v) is 4.47. The Labute approximate surface area is 86.5 Å². The predicted octanol–water partition coefficient (Wildman–Crippen LogP) is 1.59. The minimum Gasteiger partial charge on any atom is -0.507 e. The number of hydrogen-bond acceptors (Lipinski definition) is 3. The number of rotatable bonds is 1. The van der Waals surface area contributed by atoms with Crippen LogP contribution in [-0.4, -0.2) is 18.1 Å². The first-order chi connectivity index (χ1) is 6.98. The molecule has 0 saturated carbocycles. The van der Waals surface area contributed by atoms with Crippen LogP contribution in [0.25, 0.3) is 10.8 Å². The van der Waals surface area contributed by atoms with E-state index < -0.39 is 10.1 Å². The van der Waals surface area contributed by atoms with Crippen LogP contribution in [0.4, 0.5) is 0 Å². The van der Waals surface area contributed by atoms with Crippen molar-refractivity contribution in [3.63, 3.8) is 0 Å². The summed E-state index contributed by atoms with van der Waals surface area (Å²) in [5.41, 5.74) is 0. The largest absolute Gasteiger partial charge is 0.507 e. The zero-order valence-electron chi connectivity index (χ0n) is 7.51. The maximum Gasteiger partial charge on any atom is 0.294 e. The topological polar surface area (TPSA) is 74.6 Å². The van der Waals surface area contributed by atoms with E-state index in [9.17, 15) is 13.5 Å². The van der Waals surface area contributed by atoms with Crippen LogP contribution in [0.1, 0.15) is 0 Å². The average Bonchev–Trinajstić information content (AvgIpc) is 2.16. The number of fused-ring (bicyclic) bond motifs is 1. The van der Waals surface area contributed by atoms with Crippen LogP contribution >= 0.6 is 0 Å². The SMILES string of the molecule is O=S(=O)(O)c1ccc2cc[c]c(O)c2c1. The summed E-state index contributed by atoms with van der Waals surface area (Å²) in [5.74, 6) is -0.141. The zero-order valence-corrected chi connectivity index (χ0v) is 8.32. The summed E-state index contributed by atoms with van der Waals surface area (Å²) in [6.45, 7) is 0. The molecule has 0 fully saturated rings. The van der Waals surface area contributed by atoms with Gasteiger partial charge in [-0.25, -0.2) is 0 Å². The van der Waals surface area contributed by atoms with Crippen molar-refractivity contribution < 1.29 is 18.1 Å². The molecule has 0 spiro atoms. The normalized spacial score (nSPS) is 11.8. The van der Waals surface area contributed by atoms with Gasteiger partial charge >= 0.3 is 0 Å². The molecule has 0 heterocycles. The number of benzene rings is 2. The van der Waals surface area contributed by atoms with Crippen LogP contribution < -0.4 is 0 Å². The molecule has 2 aromatic carbocycles. The van der Waals surface area contributed by atoms with Gasteiger partial charge in [0.25, 0.3) is 10.1 Å². The monoisotopic (exact) mass is 223 g/mol. The molecule has 1 radical (unpaired) electrons. The molecule has 0 amide bonds. The van der Waals surface area contributed by atoms with Crippen LogP contribution in [0.2, 0.25) is 0 Å². The third-order valence-corrected chi connectivity index (χ3v) is 2.91. The summed E-state index contributed by atoms with van der Waals surface area (Å²) in [6, 6.07) is 9.73. The minimum absolute atomic E-state index is 0.141. The quantitative estimate of drug-likeness (QED) is 0.720. The number of phenols is 1. The van der Waals surface area contributed by atoms with Crippen molar-refractivity contribution in [3.8, 4) is 5.75 Å². The first kappa shape index (κ1) is 9.95. The van der Waals surface area contributed by atoms with Crippen LogP contribution in [-0.2, 0) is 10.1 Å². The van der Waals surface area contributed by atoms with Gasteiger partial charge in [0.05, 0.1) is 4.90 Å². The lowest BCUT2D eigenvalue weighted by atomic mass is 10.1. The van der Waals surface area contributed by atoms with Crippen molar-refractivity contribution in [3.05, 3.63) is 36.4 Å². The number of phenolic OH excluding ortho intramolecular Hbond substituents is 1. The second-order valence-electron chi connectivity index (χ2n) is 3.05. The van der Waals surface area contributed by atoms with Gasteiger partial charge in [-0.05, 0) is 23.6 Å². The number of hydrogen-bond donors (Lipinski definition) is 2. The summed E-state index contributed by atoms with van der Waals surface area (Å²) in [5, 5.41) is 10.4. The fourth-order valence-electron chi connectivity index (χ4n) is 1.33. The average molecular weight is 223 g/mol. The molecule has 15 heavy (non-hydrogen) atoms. The van der Waals surface area contributed by atoms with Gasteiger partial charge in [-0.15, -0.1) is 0 Å². The van der Waals surface area contributed by atoms with Gasteiger partial charge in [0.1, 0.15) is 5.75 Å². The lowest BCUT2D eigenvalue weighted by molar-refractivity contribution is 0.480. The van der Waals surface area contributed by atoms with Gasteiger partial charge in [0.2, 0.25) is 0 Å². The molecule has 2 N–H and O–H groups in total. The summed E-state index contributed by atoms with van der Waals surface area (Å²) in [6.07, 6.45) is 0. The van der Waals surface area contributed by atoms with E-state index in [1.807, 2.05) is 0 Å². The molecule has 0 saturated heterocycles. The van der Waals surface area contributed by atoms with E-state index in [0.29, 0.717) is 10.8 Å². The summed E-state index contributed by atoms with van der Waals surface area (Å²) < 4.78 is 30.5. The molecular weight excluding hydrogens is 216 g/mol. The third kappa shape index (κ3) is 1.79. The van der Waals surface area contributed by atoms with Gasteiger partial charge in [0, 0.05) is 11.5 Å². The highest BCUT2D eigenvalue weighted by Crippen LogP contribution is 2.26. The van der Waals surface area contributed by atoms with Gasteiger partial charge in [-0.1, -0.05) is 12.1 Å². The molecule has 0 bridgehead atoms. The van der Waals surface area contributed by atoms with Crippen LogP contribution in [0.3, 0.4) is 0 Å². The van der Waals surface area contributed by atoms with Gasteiger partial charge in [0.15, 0.2) is 0 Å². The molecule has 4 nitrogen and oxygen atoms in total. The Morgan fingerprint density at radius 1 is 1.20 bits per heavy atom. The van der Waals surface area contributed by atoms with Crippen molar-refractivity contribution in [1.82, 2.24) is 0 Å². The van der Waals surface area contributed by atoms with Crippen LogP contribution in [0.5, 0.6) is 5.75 Å². The van der Waals surface area contributed by atoms with Gasteiger partial charge < -0.3 is 5.11 Å². The highest BCUT2D eigenvalue weighted by atomic mass is 32.2. The Kier molecular flexibility index (Phi) is 2.13. The van der Waals surface area contributed by atoms with Crippen molar-refractivity contribution in [2.24, 2.45) is 0 Å². The lowest BCUT2D eigenvalue weighted by Gasteiger charge is -2.02. The van der Waals surface area contributed by atoms with E-state index in [4.69, 9.17) is 4.55 Å². The maximum absolute atomic E-state index is 10.9. The van der Waals surface area contributed by atoms with Crippen molar-refractivity contribution in [2.45, 2.75) is 4.90 Å². The first-order valence-electron chi connectivity index (χ1n) is 4.09. The highest BCUT2D eigenvalue weighted by Gasteiger charge is 2.10. The maximum atomic E-state index is 10.9. The Bertz CT molecular complexity index is 616. The molecule has 2 aromatic rings. The molecule has 0 aliphatic rings. The van der Waals surface area contributed by atoms with E-state index in [2.05, 4.69) is 6.07 Å². The predicted molar refractivity (Wildman–Crippen MR) is 54.3 cm³/mol. The smallest absolute Gasteiger partial charge is 0.294 e. The molecule has 0 unspecified atom stereocenters. The van der Waals surface area contributed by atoms with Crippen LogP contribution in [0.15, 0.2) is 35.2 Å². The third-order valence-electron chi connectivity index (χ3n) is 2.06. The first-order valence-corrected chi connectivity index (χ1v) is 5.53.